The molecule has 0 bridgehead atoms. The van der Waals surface area contributed by atoms with E-state index in [4.69, 9.17) is 28.8 Å². The molecule has 0 unspecified atom stereocenters. The number of benzene rings is 2. The SMILES string of the molecule is COc1ccc(NC(=O)CCO[C@H]2CC[C@H]3[C@@H]4CCc5cc(OP(=O)(OC(C)C)OC(C)C)ccc5[C@H]4CC[C@]23C)c(O)c1C(N)=O. The molecule has 5 rings (SSSR count). The Morgan fingerprint density at radius 1 is 1.06 bits per heavy atom. The number of ether oxygens (including phenoxy) is 2. The molecular formula is C35H49N2O9P. The number of hydrogen-bond acceptors (Lipinski definition) is 9. The lowest BCUT2D eigenvalue weighted by molar-refractivity contribution is -0.119. The van der Waals surface area contributed by atoms with Crippen LogP contribution >= 0.6 is 7.82 Å². The van der Waals surface area contributed by atoms with E-state index < -0.39 is 19.5 Å². The van der Waals surface area contributed by atoms with Gasteiger partial charge < -0.3 is 30.2 Å². The topological polar surface area (TPSA) is 156 Å². The van der Waals surface area contributed by atoms with E-state index in [-0.39, 0.29) is 59.7 Å². The average Bonchev–Trinajstić information content (AvgIpc) is 3.32. The Hall–Kier alpha value is -3.11. The van der Waals surface area contributed by atoms with E-state index >= 15 is 0 Å². The summed E-state index contributed by atoms with van der Waals surface area (Å²) in [4.78, 5) is 24.5. The summed E-state index contributed by atoms with van der Waals surface area (Å²) < 4.78 is 41.9. The molecule has 2 saturated carbocycles. The molecule has 0 aliphatic heterocycles. The van der Waals surface area contributed by atoms with Crippen LogP contribution in [0.2, 0.25) is 0 Å². The van der Waals surface area contributed by atoms with Crippen molar-refractivity contribution < 1.29 is 42.3 Å². The maximum absolute atomic E-state index is 13.3. The zero-order chi connectivity index (χ0) is 34.1. The molecule has 0 radical (unpaired) electrons. The number of primary amides is 1. The molecule has 2 amide bonds. The molecule has 12 heteroatoms. The third kappa shape index (κ3) is 7.48. The van der Waals surface area contributed by atoms with Gasteiger partial charge in [-0.15, -0.1) is 0 Å². The highest BCUT2D eigenvalue weighted by Gasteiger charge is 2.55. The number of phenols is 1. The van der Waals surface area contributed by atoms with Crippen LogP contribution in [-0.2, 0) is 29.6 Å². The fourth-order valence-corrected chi connectivity index (χ4v) is 9.68. The Labute approximate surface area is 277 Å². The van der Waals surface area contributed by atoms with Crippen molar-refractivity contribution in [3.8, 4) is 17.2 Å². The van der Waals surface area contributed by atoms with Crippen LogP contribution in [0.25, 0.3) is 0 Å². The number of hydrogen-bond donors (Lipinski definition) is 3. The summed E-state index contributed by atoms with van der Waals surface area (Å²) in [6.45, 7) is 9.82. The number of anilines is 1. The lowest BCUT2D eigenvalue weighted by atomic mass is 9.55. The van der Waals surface area contributed by atoms with Crippen molar-refractivity contribution >= 4 is 25.3 Å². The number of aromatic hydroxyl groups is 1. The van der Waals surface area contributed by atoms with Crippen molar-refractivity contribution in [1.29, 1.82) is 0 Å². The quantitative estimate of drug-likeness (QED) is 0.149. The van der Waals surface area contributed by atoms with E-state index in [1.807, 2.05) is 12.1 Å². The van der Waals surface area contributed by atoms with Crippen LogP contribution in [0.5, 0.6) is 17.2 Å². The Balaban J connectivity index is 1.19. The predicted octanol–water partition coefficient (Wildman–Crippen LogP) is 7.11. The number of phosphoric ester groups is 1. The maximum Gasteiger partial charge on any atom is 0.530 e. The summed E-state index contributed by atoms with van der Waals surface area (Å²) in [5, 5.41) is 13.2. The molecular weight excluding hydrogens is 623 g/mol. The van der Waals surface area contributed by atoms with Crippen LogP contribution < -0.4 is 20.3 Å². The van der Waals surface area contributed by atoms with Crippen LogP contribution in [0, 0.1) is 17.3 Å². The molecule has 258 valence electrons. The summed E-state index contributed by atoms with van der Waals surface area (Å²) in [5.41, 5.74) is 7.91. The second-order valence-corrected chi connectivity index (χ2v) is 15.3. The van der Waals surface area contributed by atoms with Crippen LogP contribution in [0.15, 0.2) is 30.3 Å². The largest absolute Gasteiger partial charge is 0.530 e. The van der Waals surface area contributed by atoms with Crippen molar-refractivity contribution in [2.24, 2.45) is 23.0 Å². The number of amides is 2. The van der Waals surface area contributed by atoms with Crippen LogP contribution in [0.3, 0.4) is 0 Å². The molecule has 0 spiro atoms. The van der Waals surface area contributed by atoms with Gasteiger partial charge in [0.25, 0.3) is 5.91 Å². The first-order valence-corrected chi connectivity index (χ1v) is 18.1. The van der Waals surface area contributed by atoms with Gasteiger partial charge in [0.1, 0.15) is 17.1 Å². The molecule has 3 aliphatic carbocycles. The Morgan fingerprint density at radius 3 is 2.45 bits per heavy atom. The standard InChI is InChI=1S/C35H49N2O9P/c1-20(2)44-47(41,45-21(3)4)46-23-8-10-24-22(19-23)7-9-26-25(24)15-17-35(5)27(26)11-14-30(35)43-18-16-31(38)37-28-12-13-29(42-6)32(33(28)39)34(36)40/h8,10,12-13,19-21,25-27,30,39H,7,9,11,14-18H2,1-6H3,(H2,36,40)(H,37,38)/t25-,26-,27+,30+,35+/m1/s1. The predicted molar refractivity (Wildman–Crippen MR) is 178 cm³/mol. The van der Waals surface area contributed by atoms with Gasteiger partial charge in [-0.1, -0.05) is 13.0 Å². The first-order valence-electron chi connectivity index (χ1n) is 16.6. The van der Waals surface area contributed by atoms with Crippen molar-refractivity contribution in [3.63, 3.8) is 0 Å². The van der Waals surface area contributed by atoms with Gasteiger partial charge in [0.15, 0.2) is 5.75 Å². The second-order valence-electron chi connectivity index (χ2n) is 13.8. The Bertz CT molecular complexity index is 1510. The number of carbonyl (C=O) groups is 2. The summed E-state index contributed by atoms with van der Waals surface area (Å²) in [6.07, 6.45) is 5.66. The number of carbonyl (C=O) groups excluding carboxylic acids is 2. The highest BCUT2D eigenvalue weighted by molar-refractivity contribution is 7.49. The molecule has 2 aromatic rings. The molecule has 2 fully saturated rings. The first-order chi connectivity index (χ1) is 22.2. The van der Waals surface area contributed by atoms with E-state index in [1.165, 1.54) is 30.4 Å². The van der Waals surface area contributed by atoms with Gasteiger partial charge >= 0.3 is 7.82 Å². The lowest BCUT2D eigenvalue weighted by Crippen LogP contribution is -2.44. The van der Waals surface area contributed by atoms with E-state index in [2.05, 4.69) is 18.3 Å². The monoisotopic (exact) mass is 672 g/mol. The zero-order valence-corrected chi connectivity index (χ0v) is 29.1. The smallest absolute Gasteiger partial charge is 0.505 e. The van der Waals surface area contributed by atoms with E-state index in [1.54, 1.807) is 27.7 Å². The van der Waals surface area contributed by atoms with E-state index in [0.717, 1.165) is 38.5 Å². The van der Waals surface area contributed by atoms with Crippen molar-refractivity contribution in [2.45, 2.75) is 104 Å². The summed E-state index contributed by atoms with van der Waals surface area (Å²) >= 11 is 0. The van der Waals surface area contributed by atoms with E-state index in [9.17, 15) is 19.3 Å². The molecule has 11 nitrogen and oxygen atoms in total. The summed E-state index contributed by atoms with van der Waals surface area (Å²) in [7, 11) is -2.40. The molecule has 47 heavy (non-hydrogen) atoms. The van der Waals surface area contributed by atoms with Gasteiger partial charge in [-0.05, 0) is 125 Å². The van der Waals surface area contributed by atoms with Crippen molar-refractivity contribution in [2.75, 3.05) is 19.0 Å². The molecule has 0 saturated heterocycles. The third-order valence-corrected chi connectivity index (χ3v) is 11.8. The van der Waals surface area contributed by atoms with Crippen molar-refractivity contribution in [3.05, 3.63) is 47.0 Å². The highest BCUT2D eigenvalue weighted by atomic mass is 31.2. The minimum atomic E-state index is -3.77. The van der Waals surface area contributed by atoms with Gasteiger partial charge in [-0.25, -0.2) is 4.57 Å². The molecule has 3 aliphatic rings. The average molecular weight is 673 g/mol. The zero-order valence-electron chi connectivity index (χ0n) is 28.2. The summed E-state index contributed by atoms with van der Waals surface area (Å²) in [5.74, 6) is 0.532. The van der Waals surface area contributed by atoms with E-state index in [0.29, 0.717) is 23.5 Å². The maximum atomic E-state index is 13.3. The van der Waals surface area contributed by atoms with Gasteiger partial charge in [-0.2, -0.15) is 0 Å². The minimum Gasteiger partial charge on any atom is -0.505 e. The molecule has 0 heterocycles. The number of fused-ring (bicyclic) bond motifs is 5. The minimum absolute atomic E-state index is 0.0256. The lowest BCUT2D eigenvalue weighted by Gasteiger charge is -2.50. The summed E-state index contributed by atoms with van der Waals surface area (Å²) in [6, 6.07) is 8.97. The molecule has 5 atom stereocenters. The van der Waals surface area contributed by atoms with Gasteiger partial charge in [0.05, 0.1) is 44.1 Å². The number of rotatable bonds is 13. The number of nitrogens with one attached hydrogen (secondary N) is 1. The second kappa shape index (κ2) is 14.2. The normalized spacial score (nSPS) is 25.2. The van der Waals surface area contributed by atoms with Crippen LogP contribution in [0.1, 0.15) is 101 Å². The fourth-order valence-electron chi connectivity index (χ4n) is 8.14. The molecule has 4 N–H and O–H groups in total. The van der Waals surface area contributed by atoms with Gasteiger partial charge in [-0.3, -0.25) is 18.6 Å². The Kier molecular flexibility index (Phi) is 10.6. The number of phosphoric acid groups is 1. The molecule has 0 aromatic heterocycles. The number of methoxy groups -OCH3 is 1. The van der Waals surface area contributed by atoms with Gasteiger partial charge in [0.2, 0.25) is 5.91 Å². The van der Waals surface area contributed by atoms with Crippen LogP contribution in [-0.4, -0.2) is 48.9 Å². The fraction of sp³-hybridized carbons (Fsp3) is 0.600. The van der Waals surface area contributed by atoms with Crippen LogP contribution in [0.4, 0.5) is 5.69 Å². The Morgan fingerprint density at radius 2 is 1.79 bits per heavy atom. The third-order valence-electron chi connectivity index (χ3n) is 10.0. The first kappa shape index (κ1) is 35.2. The van der Waals surface area contributed by atoms with Gasteiger partial charge in [0, 0.05) is 0 Å². The number of aryl methyl sites for hydroxylation is 1. The van der Waals surface area contributed by atoms with Crippen molar-refractivity contribution in [1.82, 2.24) is 0 Å². The highest BCUT2D eigenvalue weighted by Crippen LogP contribution is 2.62. The number of nitrogens with two attached hydrogens (primary N) is 1. The molecule has 2 aromatic carbocycles.